The molecule has 0 saturated carbocycles. The lowest BCUT2D eigenvalue weighted by atomic mass is 9.90. The number of carbonyl (C=O) groups is 1. The topological polar surface area (TPSA) is 44.8 Å². The Labute approximate surface area is 134 Å². The maximum absolute atomic E-state index is 11.8. The van der Waals surface area contributed by atoms with Crippen LogP contribution in [-0.4, -0.2) is 40.2 Å². The molecule has 0 radical (unpaired) electrons. The molecule has 0 aromatic carbocycles. The van der Waals surface area contributed by atoms with Crippen LogP contribution in [0.1, 0.15) is 27.2 Å². The molecule has 1 aliphatic heterocycles. The van der Waals surface area contributed by atoms with Crippen molar-refractivity contribution in [3.63, 3.8) is 0 Å². The van der Waals surface area contributed by atoms with Gasteiger partial charge in [0.05, 0.1) is 31.5 Å². The van der Waals surface area contributed by atoms with Crippen molar-refractivity contribution < 1.29 is 18.7 Å². The maximum Gasteiger partial charge on any atom is 0.336 e. The standard InChI is InChI=1S/C17H28O4Si/c1-17(2,3)22(5,6)20-11-13-10-12-8-7-9-14(15(12)21-13)16(18)19-4/h7-9,12-13,15H,10-11H2,1-6H3/t12-,13+,15+/m1/s1. The Morgan fingerprint density at radius 3 is 2.68 bits per heavy atom. The van der Waals surface area contributed by atoms with Crippen LogP contribution in [0.5, 0.6) is 0 Å². The van der Waals surface area contributed by atoms with Crippen molar-refractivity contribution in [3.05, 3.63) is 23.8 Å². The van der Waals surface area contributed by atoms with Gasteiger partial charge in [-0.25, -0.2) is 4.79 Å². The van der Waals surface area contributed by atoms with Crippen LogP contribution in [0.2, 0.25) is 18.1 Å². The summed E-state index contributed by atoms with van der Waals surface area (Å²) < 4.78 is 17.2. The number of hydrogen-bond donors (Lipinski definition) is 0. The minimum Gasteiger partial charge on any atom is -0.466 e. The molecule has 0 aromatic rings. The van der Waals surface area contributed by atoms with Crippen LogP contribution in [0.15, 0.2) is 23.8 Å². The molecule has 5 heteroatoms. The number of carbonyl (C=O) groups excluding carboxylic acids is 1. The molecule has 0 amide bonds. The normalized spacial score (nSPS) is 28.3. The third-order valence-electron chi connectivity index (χ3n) is 5.06. The van der Waals surface area contributed by atoms with Gasteiger partial charge in [-0.05, 0) is 30.6 Å². The van der Waals surface area contributed by atoms with Crippen molar-refractivity contribution in [1.29, 1.82) is 0 Å². The maximum atomic E-state index is 11.8. The van der Waals surface area contributed by atoms with E-state index < -0.39 is 8.32 Å². The van der Waals surface area contributed by atoms with E-state index in [1.807, 2.05) is 6.08 Å². The van der Waals surface area contributed by atoms with E-state index in [0.717, 1.165) is 6.42 Å². The zero-order valence-corrected chi connectivity index (χ0v) is 15.5. The molecular weight excluding hydrogens is 296 g/mol. The van der Waals surface area contributed by atoms with Crippen LogP contribution in [0.25, 0.3) is 0 Å². The van der Waals surface area contributed by atoms with Gasteiger partial charge in [-0.1, -0.05) is 32.9 Å². The van der Waals surface area contributed by atoms with Crippen molar-refractivity contribution in [1.82, 2.24) is 0 Å². The number of rotatable bonds is 4. The summed E-state index contributed by atoms with van der Waals surface area (Å²) >= 11 is 0. The van der Waals surface area contributed by atoms with Gasteiger partial charge in [0.25, 0.3) is 0 Å². The summed E-state index contributed by atoms with van der Waals surface area (Å²) in [7, 11) is -0.365. The molecule has 0 aromatic heterocycles. The van der Waals surface area contributed by atoms with E-state index in [2.05, 4.69) is 39.9 Å². The fourth-order valence-electron chi connectivity index (χ4n) is 2.60. The quantitative estimate of drug-likeness (QED) is 0.587. The van der Waals surface area contributed by atoms with E-state index in [0.29, 0.717) is 12.2 Å². The largest absolute Gasteiger partial charge is 0.466 e. The summed E-state index contributed by atoms with van der Waals surface area (Å²) in [5.74, 6) is -0.0579. The number of allylic oxidation sites excluding steroid dienone is 2. The number of hydrogen-bond acceptors (Lipinski definition) is 4. The fraction of sp³-hybridized carbons (Fsp3) is 0.706. The first-order chi connectivity index (χ1) is 10.2. The summed E-state index contributed by atoms with van der Waals surface area (Å²) in [6, 6.07) is 0. The van der Waals surface area contributed by atoms with E-state index >= 15 is 0 Å². The van der Waals surface area contributed by atoms with Gasteiger partial charge in [-0.3, -0.25) is 0 Å². The first kappa shape index (κ1) is 17.4. The highest BCUT2D eigenvalue weighted by Gasteiger charge is 2.42. The minimum atomic E-state index is -1.77. The summed E-state index contributed by atoms with van der Waals surface area (Å²) in [6.07, 6.45) is 6.58. The van der Waals surface area contributed by atoms with Crippen LogP contribution in [0, 0.1) is 5.92 Å². The molecule has 1 heterocycles. The second-order valence-electron chi connectivity index (χ2n) is 7.65. The molecule has 0 bridgehead atoms. The molecule has 1 saturated heterocycles. The minimum absolute atomic E-state index is 0.0416. The Kier molecular flexibility index (Phi) is 4.99. The molecule has 3 atom stereocenters. The van der Waals surface area contributed by atoms with Crippen LogP contribution in [0.4, 0.5) is 0 Å². The molecule has 1 aliphatic carbocycles. The first-order valence-corrected chi connectivity index (χ1v) is 10.8. The molecule has 124 valence electrons. The Morgan fingerprint density at radius 2 is 2.09 bits per heavy atom. The average Bonchev–Trinajstić information content (AvgIpc) is 2.86. The van der Waals surface area contributed by atoms with Gasteiger partial charge in [0, 0.05) is 5.92 Å². The van der Waals surface area contributed by atoms with Crippen LogP contribution >= 0.6 is 0 Å². The first-order valence-electron chi connectivity index (χ1n) is 7.92. The van der Waals surface area contributed by atoms with Crippen LogP contribution in [0.3, 0.4) is 0 Å². The molecule has 1 fully saturated rings. The van der Waals surface area contributed by atoms with E-state index in [1.165, 1.54) is 7.11 Å². The lowest BCUT2D eigenvalue weighted by Gasteiger charge is -2.36. The monoisotopic (exact) mass is 324 g/mol. The zero-order chi connectivity index (χ0) is 16.5. The van der Waals surface area contributed by atoms with Gasteiger partial charge >= 0.3 is 5.97 Å². The summed E-state index contributed by atoms with van der Waals surface area (Å²) in [5, 5.41) is 0.190. The molecular formula is C17H28O4Si. The molecule has 0 unspecified atom stereocenters. The van der Waals surface area contributed by atoms with Crippen LogP contribution < -0.4 is 0 Å². The van der Waals surface area contributed by atoms with E-state index in [4.69, 9.17) is 13.9 Å². The third kappa shape index (κ3) is 3.53. The number of fused-ring (bicyclic) bond motifs is 1. The smallest absolute Gasteiger partial charge is 0.336 e. The van der Waals surface area contributed by atoms with E-state index in [-0.39, 0.29) is 29.1 Å². The molecule has 0 N–H and O–H groups in total. The molecule has 4 nitrogen and oxygen atoms in total. The SMILES string of the molecule is COC(=O)C1=CC=C[C@@H]2C[C@@H](CO[Si](C)(C)C(C)(C)C)O[C@H]12. The zero-order valence-electron chi connectivity index (χ0n) is 14.5. The Balaban J connectivity index is 1.97. The molecule has 2 aliphatic rings. The van der Waals surface area contributed by atoms with Gasteiger partial charge < -0.3 is 13.9 Å². The average molecular weight is 324 g/mol. The number of ether oxygens (including phenoxy) is 2. The van der Waals surface area contributed by atoms with Gasteiger partial charge in [-0.2, -0.15) is 0 Å². The number of methoxy groups -OCH3 is 1. The van der Waals surface area contributed by atoms with E-state index in [9.17, 15) is 4.79 Å². The summed E-state index contributed by atoms with van der Waals surface area (Å²) in [6.45, 7) is 11.8. The Bertz CT molecular complexity index is 487. The van der Waals surface area contributed by atoms with Gasteiger partial charge in [0.15, 0.2) is 8.32 Å². The highest BCUT2D eigenvalue weighted by molar-refractivity contribution is 6.74. The van der Waals surface area contributed by atoms with Crippen molar-refractivity contribution in [2.75, 3.05) is 13.7 Å². The molecule has 2 rings (SSSR count). The Hall–Kier alpha value is -0.913. The van der Waals surface area contributed by atoms with Crippen molar-refractivity contribution in [2.24, 2.45) is 5.92 Å². The van der Waals surface area contributed by atoms with Gasteiger partial charge in [-0.15, -0.1) is 0 Å². The predicted molar refractivity (Wildman–Crippen MR) is 89.2 cm³/mol. The predicted octanol–water partition coefficient (Wildman–Crippen LogP) is 3.45. The van der Waals surface area contributed by atoms with Crippen molar-refractivity contribution in [3.8, 4) is 0 Å². The highest BCUT2D eigenvalue weighted by atomic mass is 28.4. The Morgan fingerprint density at radius 1 is 1.41 bits per heavy atom. The molecule has 22 heavy (non-hydrogen) atoms. The number of esters is 1. The fourth-order valence-corrected chi connectivity index (χ4v) is 3.63. The lowest BCUT2D eigenvalue weighted by Crippen LogP contribution is -2.42. The third-order valence-corrected chi connectivity index (χ3v) is 9.56. The van der Waals surface area contributed by atoms with Crippen molar-refractivity contribution >= 4 is 14.3 Å². The lowest BCUT2D eigenvalue weighted by molar-refractivity contribution is -0.137. The second-order valence-corrected chi connectivity index (χ2v) is 12.5. The second kappa shape index (κ2) is 6.30. The highest BCUT2D eigenvalue weighted by Crippen LogP contribution is 2.39. The van der Waals surface area contributed by atoms with Crippen LogP contribution in [-0.2, 0) is 18.7 Å². The van der Waals surface area contributed by atoms with E-state index in [1.54, 1.807) is 6.08 Å². The summed E-state index contributed by atoms with van der Waals surface area (Å²) in [5.41, 5.74) is 0.616. The molecule has 0 spiro atoms. The van der Waals surface area contributed by atoms with Crippen molar-refractivity contribution in [2.45, 2.75) is 57.5 Å². The van der Waals surface area contributed by atoms with Gasteiger partial charge in [0.1, 0.15) is 0 Å². The van der Waals surface area contributed by atoms with Gasteiger partial charge in [0.2, 0.25) is 0 Å². The summed E-state index contributed by atoms with van der Waals surface area (Å²) in [4.78, 5) is 11.8.